The summed E-state index contributed by atoms with van der Waals surface area (Å²) >= 11 is 3.22. The molecule has 0 aliphatic heterocycles. The first-order valence-electron chi connectivity index (χ1n) is 3.36. The van der Waals surface area contributed by atoms with Gasteiger partial charge < -0.3 is 0 Å². The molecule has 0 spiro atoms. The third-order valence-electron chi connectivity index (χ3n) is 0.965. The second kappa shape index (κ2) is 5.66. The van der Waals surface area contributed by atoms with E-state index in [0.29, 0.717) is 0 Å². The minimum absolute atomic E-state index is 0.167. The van der Waals surface area contributed by atoms with Crippen LogP contribution in [0, 0.1) is 0 Å². The van der Waals surface area contributed by atoms with Gasteiger partial charge in [0, 0.05) is 4.48 Å². The zero-order chi connectivity index (χ0) is 7.98. The SMILES string of the molecule is CCC/C=C(Br)\C=C(/C)F. The van der Waals surface area contributed by atoms with E-state index in [0.717, 1.165) is 17.3 Å². The molecule has 0 aromatic carbocycles. The minimum atomic E-state index is -0.167. The fourth-order valence-electron chi connectivity index (χ4n) is 0.531. The van der Waals surface area contributed by atoms with Crippen molar-refractivity contribution in [3.8, 4) is 0 Å². The Labute approximate surface area is 69.9 Å². The summed E-state index contributed by atoms with van der Waals surface area (Å²) in [5, 5.41) is 0. The average molecular weight is 207 g/mol. The van der Waals surface area contributed by atoms with Crippen molar-refractivity contribution in [3.63, 3.8) is 0 Å². The van der Waals surface area contributed by atoms with Crippen molar-refractivity contribution < 1.29 is 4.39 Å². The van der Waals surface area contributed by atoms with Crippen LogP contribution in [0.25, 0.3) is 0 Å². The molecule has 0 unspecified atom stereocenters. The lowest BCUT2D eigenvalue weighted by molar-refractivity contribution is 0.640. The van der Waals surface area contributed by atoms with Crippen LogP contribution in [-0.4, -0.2) is 0 Å². The number of unbranched alkanes of at least 4 members (excludes halogenated alkanes) is 1. The second-order valence-electron chi connectivity index (χ2n) is 2.11. The number of allylic oxidation sites excluding steroid dienone is 4. The molecule has 2 heteroatoms. The Kier molecular flexibility index (Phi) is 5.60. The molecule has 0 amide bonds. The lowest BCUT2D eigenvalue weighted by atomic mass is 10.3. The zero-order valence-electron chi connectivity index (χ0n) is 6.32. The molecule has 0 aliphatic carbocycles. The molecule has 0 nitrogen and oxygen atoms in total. The van der Waals surface area contributed by atoms with Gasteiger partial charge in [0.1, 0.15) is 0 Å². The summed E-state index contributed by atoms with van der Waals surface area (Å²) in [7, 11) is 0. The largest absolute Gasteiger partial charge is 0.212 e. The standard InChI is InChI=1S/C8H12BrF/c1-3-4-5-8(9)6-7(2)10/h5-6H,3-4H2,1-2H3/b7-6+,8-5+. The zero-order valence-corrected chi connectivity index (χ0v) is 7.91. The lowest BCUT2D eigenvalue weighted by Crippen LogP contribution is -1.67. The number of halogens is 2. The fraction of sp³-hybridized carbons (Fsp3) is 0.500. The van der Waals surface area contributed by atoms with Gasteiger partial charge in [-0.1, -0.05) is 35.4 Å². The second-order valence-corrected chi connectivity index (χ2v) is 3.02. The smallest absolute Gasteiger partial charge is 0.0979 e. The third-order valence-corrected chi connectivity index (χ3v) is 1.52. The molecular weight excluding hydrogens is 195 g/mol. The molecule has 0 aliphatic rings. The van der Waals surface area contributed by atoms with Gasteiger partial charge in [-0.25, -0.2) is 4.39 Å². The maximum Gasteiger partial charge on any atom is 0.0979 e. The third kappa shape index (κ3) is 6.02. The molecule has 58 valence electrons. The summed E-state index contributed by atoms with van der Waals surface area (Å²) in [6.07, 6.45) is 5.51. The molecule has 0 aromatic rings. The molecular formula is C8H12BrF. The first kappa shape index (κ1) is 9.89. The van der Waals surface area contributed by atoms with Gasteiger partial charge in [0.05, 0.1) is 5.83 Å². The highest BCUT2D eigenvalue weighted by molar-refractivity contribution is 9.11. The Balaban J connectivity index is 3.82. The van der Waals surface area contributed by atoms with E-state index >= 15 is 0 Å². The Bertz CT molecular complexity index is 143. The van der Waals surface area contributed by atoms with Crippen LogP contribution < -0.4 is 0 Å². The van der Waals surface area contributed by atoms with Gasteiger partial charge in [-0.15, -0.1) is 0 Å². The molecule has 0 heterocycles. The summed E-state index contributed by atoms with van der Waals surface area (Å²) in [6, 6.07) is 0. The highest BCUT2D eigenvalue weighted by Crippen LogP contribution is 2.11. The minimum Gasteiger partial charge on any atom is -0.212 e. The van der Waals surface area contributed by atoms with Crippen molar-refractivity contribution in [2.24, 2.45) is 0 Å². The van der Waals surface area contributed by atoms with Gasteiger partial charge in [0.2, 0.25) is 0 Å². The van der Waals surface area contributed by atoms with Crippen LogP contribution in [0.1, 0.15) is 26.7 Å². The van der Waals surface area contributed by atoms with Crippen molar-refractivity contribution in [3.05, 3.63) is 22.5 Å². The van der Waals surface area contributed by atoms with Gasteiger partial charge in [-0.2, -0.15) is 0 Å². The number of hydrogen-bond donors (Lipinski definition) is 0. The van der Waals surface area contributed by atoms with E-state index in [4.69, 9.17) is 0 Å². The number of hydrogen-bond acceptors (Lipinski definition) is 0. The van der Waals surface area contributed by atoms with E-state index in [2.05, 4.69) is 22.9 Å². The van der Waals surface area contributed by atoms with Crippen LogP contribution in [-0.2, 0) is 0 Å². The molecule has 0 fully saturated rings. The quantitative estimate of drug-likeness (QED) is 0.615. The molecule has 0 aromatic heterocycles. The van der Waals surface area contributed by atoms with Crippen molar-refractivity contribution in [1.29, 1.82) is 0 Å². The van der Waals surface area contributed by atoms with Crippen LogP contribution in [0.15, 0.2) is 22.5 Å². The molecule has 0 N–H and O–H groups in total. The first-order valence-corrected chi connectivity index (χ1v) is 4.15. The Hall–Kier alpha value is -0.110. The Morgan fingerprint density at radius 2 is 2.20 bits per heavy atom. The van der Waals surface area contributed by atoms with Gasteiger partial charge in [-0.3, -0.25) is 0 Å². The molecule has 0 bridgehead atoms. The van der Waals surface area contributed by atoms with Gasteiger partial charge in [0.25, 0.3) is 0 Å². The topological polar surface area (TPSA) is 0 Å². The van der Waals surface area contributed by atoms with Crippen LogP contribution in [0.3, 0.4) is 0 Å². The van der Waals surface area contributed by atoms with Crippen molar-refractivity contribution >= 4 is 15.9 Å². The van der Waals surface area contributed by atoms with E-state index in [9.17, 15) is 4.39 Å². The summed E-state index contributed by atoms with van der Waals surface area (Å²) in [4.78, 5) is 0. The van der Waals surface area contributed by atoms with Crippen LogP contribution in [0.5, 0.6) is 0 Å². The molecule has 10 heavy (non-hydrogen) atoms. The Morgan fingerprint density at radius 3 is 2.60 bits per heavy atom. The summed E-state index contributed by atoms with van der Waals surface area (Å²) < 4.78 is 13.0. The average Bonchev–Trinajstić information content (AvgIpc) is 1.82. The predicted molar refractivity (Wildman–Crippen MR) is 46.8 cm³/mol. The highest BCUT2D eigenvalue weighted by atomic mass is 79.9. The summed E-state index contributed by atoms with van der Waals surface area (Å²) in [6.45, 7) is 3.52. The van der Waals surface area contributed by atoms with Gasteiger partial charge in [-0.05, 0) is 19.4 Å². The molecule has 0 rings (SSSR count). The van der Waals surface area contributed by atoms with E-state index in [1.54, 1.807) is 0 Å². The van der Waals surface area contributed by atoms with E-state index in [1.807, 2.05) is 6.08 Å². The lowest BCUT2D eigenvalue weighted by Gasteiger charge is -1.88. The number of rotatable bonds is 3. The maximum absolute atomic E-state index is 12.2. The fourth-order valence-corrected chi connectivity index (χ4v) is 1.08. The Morgan fingerprint density at radius 1 is 1.60 bits per heavy atom. The van der Waals surface area contributed by atoms with Crippen LogP contribution in [0.2, 0.25) is 0 Å². The monoisotopic (exact) mass is 206 g/mol. The summed E-state index contributed by atoms with van der Waals surface area (Å²) in [5.74, 6) is -0.167. The maximum atomic E-state index is 12.2. The first-order chi connectivity index (χ1) is 4.66. The van der Waals surface area contributed by atoms with Crippen LogP contribution in [0.4, 0.5) is 4.39 Å². The molecule has 0 radical (unpaired) electrons. The molecule has 0 saturated carbocycles. The van der Waals surface area contributed by atoms with E-state index in [-0.39, 0.29) is 5.83 Å². The van der Waals surface area contributed by atoms with Crippen molar-refractivity contribution in [2.75, 3.05) is 0 Å². The van der Waals surface area contributed by atoms with Crippen molar-refractivity contribution in [2.45, 2.75) is 26.7 Å². The van der Waals surface area contributed by atoms with Crippen molar-refractivity contribution in [1.82, 2.24) is 0 Å². The molecule has 0 atom stereocenters. The van der Waals surface area contributed by atoms with E-state index < -0.39 is 0 Å². The van der Waals surface area contributed by atoms with Crippen LogP contribution >= 0.6 is 15.9 Å². The van der Waals surface area contributed by atoms with Gasteiger partial charge in [0.15, 0.2) is 0 Å². The van der Waals surface area contributed by atoms with E-state index in [1.165, 1.54) is 13.0 Å². The highest BCUT2D eigenvalue weighted by Gasteiger charge is 1.86. The normalized spacial score (nSPS) is 14.0. The predicted octanol–water partition coefficient (Wildman–Crippen LogP) is 3.94. The molecule has 0 saturated heterocycles. The summed E-state index contributed by atoms with van der Waals surface area (Å²) in [5.41, 5.74) is 0. The van der Waals surface area contributed by atoms with Gasteiger partial charge >= 0.3 is 0 Å².